The largest absolute Gasteiger partial charge is 0.484 e. The molecule has 1 atom stereocenters. The molecule has 0 spiro atoms. The lowest BCUT2D eigenvalue weighted by Gasteiger charge is -2.32. The van der Waals surface area contributed by atoms with Crippen LogP contribution in [-0.4, -0.2) is 41.1 Å². The predicted molar refractivity (Wildman–Crippen MR) is 73.9 cm³/mol. The number of carbonyl (C=O) groups is 2. The molecule has 20 heavy (non-hydrogen) atoms. The summed E-state index contributed by atoms with van der Waals surface area (Å²) in [5.74, 6) is -0.771. The summed E-state index contributed by atoms with van der Waals surface area (Å²) in [5.41, 5.74) is 0. The zero-order valence-corrected chi connectivity index (χ0v) is 11.7. The van der Waals surface area contributed by atoms with Crippen LogP contribution in [0.4, 0.5) is 0 Å². The third-order valence-electron chi connectivity index (χ3n) is 3.27. The third kappa shape index (κ3) is 3.63. The van der Waals surface area contributed by atoms with Gasteiger partial charge in [0.1, 0.15) is 11.8 Å². The number of hydrogen-bond acceptors (Lipinski definition) is 3. The van der Waals surface area contributed by atoms with E-state index < -0.39 is 12.0 Å². The van der Waals surface area contributed by atoms with Crippen LogP contribution >= 0.6 is 11.6 Å². The Bertz CT molecular complexity index is 506. The van der Waals surface area contributed by atoms with Crippen molar-refractivity contribution in [3.8, 4) is 5.75 Å². The number of benzene rings is 1. The topological polar surface area (TPSA) is 66.8 Å². The lowest BCUT2D eigenvalue weighted by molar-refractivity contribution is -0.152. The summed E-state index contributed by atoms with van der Waals surface area (Å²) < 4.78 is 5.36. The second-order valence-electron chi connectivity index (χ2n) is 4.68. The number of amides is 1. The highest BCUT2D eigenvalue weighted by Gasteiger charge is 2.31. The Morgan fingerprint density at radius 1 is 1.40 bits per heavy atom. The molecule has 1 aromatic rings. The van der Waals surface area contributed by atoms with Crippen molar-refractivity contribution in [1.29, 1.82) is 0 Å². The Morgan fingerprint density at radius 3 is 2.90 bits per heavy atom. The number of carboxylic acid groups (broad SMARTS) is 1. The van der Waals surface area contributed by atoms with Crippen LogP contribution in [0.25, 0.3) is 0 Å². The second-order valence-corrected chi connectivity index (χ2v) is 5.12. The number of nitrogens with zero attached hydrogens (tertiary/aromatic N) is 1. The summed E-state index contributed by atoms with van der Waals surface area (Å²) in [4.78, 5) is 24.6. The van der Waals surface area contributed by atoms with Crippen molar-refractivity contribution in [3.63, 3.8) is 0 Å². The van der Waals surface area contributed by atoms with Crippen molar-refractivity contribution in [2.75, 3.05) is 13.2 Å². The van der Waals surface area contributed by atoms with Gasteiger partial charge < -0.3 is 14.7 Å². The van der Waals surface area contributed by atoms with Gasteiger partial charge in [-0.15, -0.1) is 0 Å². The third-order valence-corrected chi connectivity index (χ3v) is 3.50. The van der Waals surface area contributed by atoms with Crippen molar-refractivity contribution in [2.24, 2.45) is 0 Å². The summed E-state index contributed by atoms with van der Waals surface area (Å²) in [6.45, 7) is 0.291. The molecule has 1 amide bonds. The average Bonchev–Trinajstić information content (AvgIpc) is 2.45. The van der Waals surface area contributed by atoms with Crippen molar-refractivity contribution < 1.29 is 19.4 Å². The summed E-state index contributed by atoms with van der Waals surface area (Å²) in [7, 11) is 0. The normalized spacial score (nSPS) is 18.6. The van der Waals surface area contributed by atoms with E-state index in [1.54, 1.807) is 24.3 Å². The van der Waals surface area contributed by atoms with Crippen LogP contribution in [0.2, 0.25) is 5.02 Å². The zero-order valence-electron chi connectivity index (χ0n) is 10.9. The van der Waals surface area contributed by atoms with E-state index in [-0.39, 0.29) is 12.5 Å². The monoisotopic (exact) mass is 297 g/mol. The fraction of sp³-hybridized carbons (Fsp3) is 0.429. The highest BCUT2D eigenvalue weighted by atomic mass is 35.5. The number of aliphatic carboxylic acids is 1. The molecule has 0 aromatic heterocycles. The smallest absolute Gasteiger partial charge is 0.326 e. The lowest BCUT2D eigenvalue weighted by atomic mass is 10.0. The van der Waals surface area contributed by atoms with E-state index in [1.807, 2.05) is 0 Å². The molecular weight excluding hydrogens is 282 g/mol. The molecule has 2 rings (SSSR count). The van der Waals surface area contributed by atoms with E-state index in [2.05, 4.69) is 0 Å². The van der Waals surface area contributed by atoms with Crippen molar-refractivity contribution in [3.05, 3.63) is 29.3 Å². The van der Waals surface area contributed by atoms with Gasteiger partial charge >= 0.3 is 5.97 Å². The van der Waals surface area contributed by atoms with Gasteiger partial charge in [-0.05, 0) is 37.5 Å². The Labute approximate surface area is 122 Å². The Balaban J connectivity index is 1.95. The first-order valence-electron chi connectivity index (χ1n) is 6.48. The average molecular weight is 298 g/mol. The molecule has 1 aliphatic heterocycles. The maximum Gasteiger partial charge on any atom is 0.326 e. The fourth-order valence-electron chi connectivity index (χ4n) is 2.27. The second kappa shape index (κ2) is 6.61. The van der Waals surface area contributed by atoms with E-state index >= 15 is 0 Å². The van der Waals surface area contributed by atoms with E-state index in [0.717, 1.165) is 12.8 Å². The van der Waals surface area contributed by atoms with E-state index in [1.165, 1.54) is 4.90 Å². The molecule has 1 fully saturated rings. The minimum absolute atomic E-state index is 0.176. The van der Waals surface area contributed by atoms with Gasteiger partial charge in [0.05, 0.1) is 0 Å². The van der Waals surface area contributed by atoms with Crippen LogP contribution in [0.3, 0.4) is 0 Å². The van der Waals surface area contributed by atoms with Crippen LogP contribution in [0, 0.1) is 0 Å². The van der Waals surface area contributed by atoms with Gasteiger partial charge in [0.2, 0.25) is 0 Å². The SMILES string of the molecule is O=C(O)C1CCCCN1C(=O)COc1cccc(Cl)c1. The Kier molecular flexibility index (Phi) is 4.84. The number of carboxylic acids is 1. The number of halogens is 1. The summed E-state index contributed by atoms with van der Waals surface area (Å²) in [6, 6.07) is 6.01. The molecule has 0 bridgehead atoms. The van der Waals surface area contributed by atoms with E-state index in [9.17, 15) is 9.59 Å². The number of rotatable bonds is 4. The molecule has 0 aliphatic carbocycles. The first-order valence-corrected chi connectivity index (χ1v) is 6.86. The van der Waals surface area contributed by atoms with Crippen molar-refractivity contribution in [1.82, 2.24) is 4.90 Å². The van der Waals surface area contributed by atoms with Gasteiger partial charge in [-0.2, -0.15) is 0 Å². The van der Waals surface area contributed by atoms with Gasteiger partial charge in [-0.1, -0.05) is 17.7 Å². The maximum absolute atomic E-state index is 12.1. The molecule has 1 unspecified atom stereocenters. The number of carbonyl (C=O) groups excluding carboxylic acids is 1. The fourth-order valence-corrected chi connectivity index (χ4v) is 2.45. The minimum Gasteiger partial charge on any atom is -0.484 e. The van der Waals surface area contributed by atoms with Crippen LogP contribution in [-0.2, 0) is 9.59 Å². The highest BCUT2D eigenvalue weighted by molar-refractivity contribution is 6.30. The molecule has 1 aliphatic rings. The molecule has 0 radical (unpaired) electrons. The molecule has 5 nitrogen and oxygen atoms in total. The first kappa shape index (κ1) is 14.7. The molecular formula is C14H16ClNO4. The van der Waals surface area contributed by atoms with Crippen LogP contribution in [0.1, 0.15) is 19.3 Å². The maximum atomic E-state index is 12.1. The van der Waals surface area contributed by atoms with Gasteiger partial charge in [0.25, 0.3) is 5.91 Å². The van der Waals surface area contributed by atoms with Crippen molar-refractivity contribution >= 4 is 23.5 Å². The number of piperidine rings is 1. The molecule has 6 heteroatoms. The molecule has 1 heterocycles. The molecule has 1 aromatic carbocycles. The van der Waals surface area contributed by atoms with Gasteiger partial charge in [-0.25, -0.2) is 4.79 Å². The Morgan fingerprint density at radius 2 is 2.20 bits per heavy atom. The predicted octanol–water partition coefficient (Wildman–Crippen LogP) is 2.18. The molecule has 1 saturated heterocycles. The summed E-state index contributed by atoms with van der Waals surface area (Å²) in [6.07, 6.45) is 2.15. The number of hydrogen-bond donors (Lipinski definition) is 1. The number of ether oxygens (including phenoxy) is 1. The minimum atomic E-state index is -0.958. The molecule has 0 saturated carbocycles. The zero-order chi connectivity index (χ0) is 14.5. The van der Waals surface area contributed by atoms with Crippen molar-refractivity contribution in [2.45, 2.75) is 25.3 Å². The quantitative estimate of drug-likeness (QED) is 0.925. The van der Waals surface area contributed by atoms with Gasteiger partial charge in [0, 0.05) is 11.6 Å². The standard InChI is InChI=1S/C14H16ClNO4/c15-10-4-3-5-11(8-10)20-9-13(17)16-7-2-1-6-12(16)14(18)19/h3-5,8,12H,1-2,6-7,9H2,(H,18,19). The summed E-state index contributed by atoms with van der Waals surface area (Å²) in [5, 5.41) is 9.65. The van der Waals surface area contributed by atoms with Gasteiger partial charge in [-0.3, -0.25) is 4.79 Å². The lowest BCUT2D eigenvalue weighted by Crippen LogP contribution is -2.49. The van der Waals surface area contributed by atoms with Crippen LogP contribution in [0.15, 0.2) is 24.3 Å². The van der Waals surface area contributed by atoms with Gasteiger partial charge in [0.15, 0.2) is 6.61 Å². The Hall–Kier alpha value is -1.75. The first-order chi connectivity index (χ1) is 9.58. The molecule has 1 N–H and O–H groups in total. The molecule has 108 valence electrons. The number of likely N-dealkylation sites (tertiary alicyclic amines) is 1. The van der Waals surface area contributed by atoms with Crippen LogP contribution in [0.5, 0.6) is 5.75 Å². The van der Waals surface area contributed by atoms with E-state index in [0.29, 0.717) is 23.7 Å². The highest BCUT2D eigenvalue weighted by Crippen LogP contribution is 2.19. The van der Waals surface area contributed by atoms with E-state index in [4.69, 9.17) is 21.4 Å². The van der Waals surface area contributed by atoms with Crippen LogP contribution < -0.4 is 4.74 Å². The summed E-state index contributed by atoms with van der Waals surface area (Å²) >= 11 is 5.82.